The van der Waals surface area contributed by atoms with E-state index in [0.717, 1.165) is 36.8 Å². The molecule has 2 unspecified atom stereocenters. The number of hydrogen-bond donors (Lipinski definition) is 0. The van der Waals surface area contributed by atoms with Gasteiger partial charge in [0.15, 0.2) is 0 Å². The molecule has 0 bridgehead atoms. The van der Waals surface area contributed by atoms with Crippen molar-refractivity contribution >= 4 is 32.7 Å². The molecule has 1 heterocycles. The van der Waals surface area contributed by atoms with Crippen molar-refractivity contribution in [2.75, 3.05) is 0 Å². The van der Waals surface area contributed by atoms with Crippen LogP contribution in [0.4, 0.5) is 0 Å². The molecule has 0 radical (unpaired) electrons. The third kappa shape index (κ3) is 4.85. The lowest BCUT2D eigenvalue weighted by Crippen LogP contribution is -2.26. The third-order valence-corrected chi connectivity index (χ3v) is 12.7. The van der Waals surface area contributed by atoms with E-state index in [-0.39, 0.29) is 17.3 Å². The average Bonchev–Trinajstić information content (AvgIpc) is 3.93. The molecule has 1 spiro atoms. The van der Waals surface area contributed by atoms with Gasteiger partial charge in [-0.3, -0.25) is 0 Å². The molecule has 1 heteroatoms. The summed E-state index contributed by atoms with van der Waals surface area (Å²) in [5.41, 5.74) is 16.1. The molecule has 0 fully saturated rings. The molecule has 0 amide bonds. The Labute approximate surface area is 316 Å². The fourth-order valence-corrected chi connectivity index (χ4v) is 10.5. The average molecular weight is 693 g/mol. The molecular formula is C53H40O. The Balaban J connectivity index is 1.13. The lowest BCUT2D eigenvalue weighted by Gasteiger charge is -2.35. The second kappa shape index (κ2) is 12.5. The fourth-order valence-electron chi connectivity index (χ4n) is 10.5. The fraction of sp³-hybridized carbons (Fsp3) is 0.132. The summed E-state index contributed by atoms with van der Waals surface area (Å²) >= 11 is 0. The van der Waals surface area contributed by atoms with Crippen molar-refractivity contribution in [2.24, 2.45) is 0 Å². The number of furan rings is 1. The van der Waals surface area contributed by atoms with Gasteiger partial charge in [-0.2, -0.15) is 0 Å². The van der Waals surface area contributed by atoms with E-state index in [9.17, 15) is 0 Å². The molecule has 0 saturated heterocycles. The van der Waals surface area contributed by atoms with E-state index < -0.39 is 0 Å². The number of para-hydroxylation sites is 1. The molecule has 2 aliphatic rings. The van der Waals surface area contributed by atoms with Crippen LogP contribution in [-0.4, -0.2) is 0 Å². The largest absolute Gasteiger partial charge is 0.456 e. The molecule has 0 saturated carbocycles. The van der Waals surface area contributed by atoms with Crippen LogP contribution in [0.15, 0.2) is 186 Å². The first-order valence-electron chi connectivity index (χ1n) is 19.5. The highest BCUT2D eigenvalue weighted by Crippen LogP contribution is 2.58. The van der Waals surface area contributed by atoms with Crippen LogP contribution in [0.3, 0.4) is 0 Å². The minimum absolute atomic E-state index is 0.0651. The molecule has 1 aromatic heterocycles. The van der Waals surface area contributed by atoms with Crippen LogP contribution in [0, 0.1) is 0 Å². The number of aryl methyl sites for hydroxylation is 2. The second-order valence-corrected chi connectivity index (χ2v) is 15.5. The number of hydrogen-bond acceptors (Lipinski definition) is 1. The van der Waals surface area contributed by atoms with Crippen LogP contribution in [0.2, 0.25) is 0 Å². The van der Waals surface area contributed by atoms with Crippen molar-refractivity contribution in [3.63, 3.8) is 0 Å². The maximum absolute atomic E-state index is 6.50. The van der Waals surface area contributed by atoms with E-state index in [0.29, 0.717) is 0 Å². The van der Waals surface area contributed by atoms with E-state index >= 15 is 0 Å². The zero-order chi connectivity index (χ0) is 35.6. The number of benzene rings is 8. The van der Waals surface area contributed by atoms with E-state index in [4.69, 9.17) is 4.42 Å². The second-order valence-electron chi connectivity index (χ2n) is 15.5. The Morgan fingerprint density at radius 3 is 1.59 bits per heavy atom. The van der Waals surface area contributed by atoms with Gasteiger partial charge in [-0.25, -0.2) is 0 Å². The summed E-state index contributed by atoms with van der Waals surface area (Å²) < 4.78 is 6.50. The molecule has 0 aliphatic heterocycles. The normalized spacial score (nSPS) is 17.3. The predicted octanol–water partition coefficient (Wildman–Crippen LogP) is 13.3. The van der Waals surface area contributed by atoms with Gasteiger partial charge in [-0.15, -0.1) is 0 Å². The van der Waals surface area contributed by atoms with Crippen LogP contribution in [-0.2, 0) is 18.3 Å². The van der Waals surface area contributed by atoms with Gasteiger partial charge in [0.1, 0.15) is 11.2 Å². The molecular weight excluding hydrogens is 653 g/mol. The Morgan fingerprint density at radius 1 is 0.389 bits per heavy atom. The Hall–Kier alpha value is -6.18. The zero-order valence-electron chi connectivity index (χ0n) is 30.2. The van der Waals surface area contributed by atoms with Crippen LogP contribution in [0.1, 0.15) is 80.3 Å². The van der Waals surface area contributed by atoms with Crippen molar-refractivity contribution in [2.45, 2.75) is 42.9 Å². The first-order valence-corrected chi connectivity index (χ1v) is 19.5. The third-order valence-electron chi connectivity index (χ3n) is 12.7. The summed E-state index contributed by atoms with van der Waals surface area (Å²) in [5, 5.41) is 4.92. The predicted molar refractivity (Wildman–Crippen MR) is 223 cm³/mol. The van der Waals surface area contributed by atoms with Crippen LogP contribution in [0.5, 0.6) is 0 Å². The van der Waals surface area contributed by atoms with E-state index in [1.54, 1.807) is 11.1 Å². The smallest absolute Gasteiger partial charge is 0.135 e. The maximum Gasteiger partial charge on any atom is 0.135 e. The first kappa shape index (κ1) is 31.4. The van der Waals surface area contributed by atoms with Crippen molar-refractivity contribution < 1.29 is 4.42 Å². The zero-order valence-corrected chi connectivity index (χ0v) is 30.2. The first-order chi connectivity index (χ1) is 26.7. The summed E-state index contributed by atoms with van der Waals surface area (Å²) in [4.78, 5) is 0. The lowest BCUT2D eigenvalue weighted by molar-refractivity contribution is 0.498. The molecule has 54 heavy (non-hydrogen) atoms. The summed E-state index contributed by atoms with van der Waals surface area (Å²) in [6.07, 6.45) is 4.45. The van der Waals surface area contributed by atoms with E-state index in [1.165, 1.54) is 66.1 Å². The SMILES string of the molecule is c1ccc(C(c2ccc3ccccc3c2)c2cccc3c2[C@@]2(CC3)CCc3cccc(C(c4ccccc4)c4ccc5c(c4)oc4ccccc45)c32)cc1. The summed E-state index contributed by atoms with van der Waals surface area (Å²) in [6.45, 7) is 0. The van der Waals surface area contributed by atoms with Crippen LogP contribution >= 0.6 is 0 Å². The quantitative estimate of drug-likeness (QED) is 0.158. The van der Waals surface area contributed by atoms with E-state index in [1.807, 2.05) is 0 Å². The molecule has 3 atom stereocenters. The van der Waals surface area contributed by atoms with Gasteiger partial charge >= 0.3 is 0 Å². The van der Waals surface area contributed by atoms with Crippen molar-refractivity contribution in [3.8, 4) is 0 Å². The topological polar surface area (TPSA) is 13.1 Å². The van der Waals surface area contributed by atoms with Gasteiger partial charge in [0.25, 0.3) is 0 Å². The van der Waals surface area contributed by atoms with Gasteiger partial charge in [-0.05, 0) is 104 Å². The lowest BCUT2D eigenvalue weighted by atomic mass is 9.68. The highest BCUT2D eigenvalue weighted by atomic mass is 16.3. The highest BCUT2D eigenvalue weighted by Gasteiger charge is 2.48. The van der Waals surface area contributed by atoms with Gasteiger partial charge in [0.05, 0.1) is 0 Å². The van der Waals surface area contributed by atoms with Crippen molar-refractivity contribution in [1.82, 2.24) is 0 Å². The van der Waals surface area contributed by atoms with Crippen molar-refractivity contribution in [3.05, 3.63) is 238 Å². The molecule has 8 aromatic carbocycles. The standard InChI is InChI=1S/C53H40O/c1-3-14-36(15-4-1)49(41-26-25-35-13-7-8-18-40(35)33-41)45-22-11-19-38-29-31-53(51(38)45)32-30-39-20-12-23-46(52(39)53)50(37-16-5-2-6-17-37)42-27-28-44-43-21-9-10-24-47(43)54-48(44)34-42/h1-28,33-34,49-50H,29-32H2/t49?,50?,53-/m1/s1. The summed E-state index contributed by atoms with van der Waals surface area (Å²) in [7, 11) is 0. The van der Waals surface area contributed by atoms with Gasteiger partial charge in [0.2, 0.25) is 0 Å². The Kier molecular flexibility index (Phi) is 7.24. The molecule has 9 aromatic rings. The molecule has 0 N–H and O–H groups in total. The van der Waals surface area contributed by atoms with E-state index in [2.05, 4.69) is 182 Å². The van der Waals surface area contributed by atoms with Crippen LogP contribution in [0.25, 0.3) is 32.7 Å². The minimum atomic E-state index is -0.0712. The van der Waals surface area contributed by atoms with Crippen molar-refractivity contribution in [1.29, 1.82) is 0 Å². The Bertz CT molecular complexity index is 2840. The monoisotopic (exact) mass is 692 g/mol. The highest BCUT2D eigenvalue weighted by molar-refractivity contribution is 6.05. The van der Waals surface area contributed by atoms with Gasteiger partial charge in [-0.1, -0.05) is 170 Å². The number of rotatable bonds is 6. The van der Waals surface area contributed by atoms with Gasteiger partial charge in [0, 0.05) is 28.0 Å². The Morgan fingerprint density at radius 2 is 0.926 bits per heavy atom. The minimum Gasteiger partial charge on any atom is -0.456 e. The maximum atomic E-state index is 6.50. The molecule has 2 aliphatic carbocycles. The van der Waals surface area contributed by atoms with Crippen LogP contribution < -0.4 is 0 Å². The summed E-state index contributed by atoms with van der Waals surface area (Å²) in [6, 6.07) is 67.9. The molecule has 258 valence electrons. The summed E-state index contributed by atoms with van der Waals surface area (Å²) in [5.74, 6) is 0.188. The van der Waals surface area contributed by atoms with Gasteiger partial charge < -0.3 is 4.42 Å². The number of fused-ring (bicyclic) bond motifs is 8. The molecule has 11 rings (SSSR count). The molecule has 1 nitrogen and oxygen atoms in total.